The number of aromatic amines is 1. The first-order valence-electron chi connectivity index (χ1n) is 10.0. The molecule has 0 amide bonds. The minimum Gasteiger partial charge on any atom is -0.452 e. The van der Waals surface area contributed by atoms with E-state index in [1.165, 1.54) is 4.57 Å². The molecule has 10 heteroatoms. The number of aromatic nitrogens is 4. The van der Waals surface area contributed by atoms with Gasteiger partial charge in [0.25, 0.3) is 5.56 Å². The Morgan fingerprint density at radius 3 is 2.77 bits per heavy atom. The Morgan fingerprint density at radius 2 is 2.03 bits per heavy atom. The molecule has 1 N–H and O–H groups in total. The molecular weight excluding hydrogens is 424 g/mol. The molecule has 1 aromatic carbocycles. The highest BCUT2D eigenvalue weighted by molar-refractivity contribution is 6.31. The fourth-order valence-electron chi connectivity index (χ4n) is 3.51. The third-order valence-electron chi connectivity index (χ3n) is 5.03. The summed E-state index contributed by atoms with van der Waals surface area (Å²) >= 11 is 5.97. The molecular formula is C21H21ClN4O5. The van der Waals surface area contributed by atoms with Crippen molar-refractivity contribution < 1.29 is 13.9 Å². The number of furan rings is 1. The molecule has 0 bridgehead atoms. The summed E-state index contributed by atoms with van der Waals surface area (Å²) in [6.45, 7) is 4.53. The van der Waals surface area contributed by atoms with Crippen LogP contribution in [0.3, 0.4) is 0 Å². The van der Waals surface area contributed by atoms with Crippen LogP contribution < -0.4 is 11.2 Å². The highest BCUT2D eigenvalue weighted by Crippen LogP contribution is 2.24. The molecule has 0 aliphatic heterocycles. The van der Waals surface area contributed by atoms with Crippen LogP contribution in [0.25, 0.3) is 22.1 Å². The van der Waals surface area contributed by atoms with Gasteiger partial charge in [0.05, 0.1) is 0 Å². The maximum Gasteiger partial charge on any atom is 0.374 e. The van der Waals surface area contributed by atoms with E-state index >= 15 is 0 Å². The number of unbranched alkanes of at least 4 members (excludes halogenated alkanes) is 1. The Hall–Kier alpha value is -3.33. The Balaban J connectivity index is 1.65. The maximum absolute atomic E-state index is 12.5. The van der Waals surface area contributed by atoms with E-state index < -0.39 is 17.2 Å². The van der Waals surface area contributed by atoms with Gasteiger partial charge in [-0.3, -0.25) is 14.3 Å². The van der Waals surface area contributed by atoms with Gasteiger partial charge in [-0.15, -0.1) is 0 Å². The van der Waals surface area contributed by atoms with Crippen molar-refractivity contribution in [1.29, 1.82) is 0 Å². The van der Waals surface area contributed by atoms with Crippen molar-refractivity contribution in [2.24, 2.45) is 0 Å². The van der Waals surface area contributed by atoms with Crippen molar-refractivity contribution in [2.75, 3.05) is 0 Å². The fourth-order valence-corrected chi connectivity index (χ4v) is 3.69. The first kappa shape index (κ1) is 20.9. The zero-order valence-corrected chi connectivity index (χ0v) is 17.9. The SMILES string of the molecule is CCCCn1c(=O)[nH]c(=O)c2c1nc(COC(=O)c1cc3cc(Cl)ccc3o1)n2CC. The number of aryl methyl sites for hydroxylation is 2. The molecule has 0 radical (unpaired) electrons. The number of halogens is 1. The van der Waals surface area contributed by atoms with Gasteiger partial charge in [-0.05, 0) is 37.6 Å². The number of esters is 1. The molecule has 0 aliphatic rings. The number of H-pyrrole nitrogens is 1. The second kappa shape index (κ2) is 8.43. The minimum absolute atomic E-state index is 0.0362. The molecule has 0 saturated carbocycles. The molecule has 0 aliphatic carbocycles. The van der Waals surface area contributed by atoms with Crippen LogP contribution in [-0.4, -0.2) is 25.1 Å². The molecule has 3 aromatic heterocycles. The number of carbonyl (C=O) groups is 1. The lowest BCUT2D eigenvalue weighted by molar-refractivity contribution is 0.0425. The number of benzene rings is 1. The Kier molecular flexibility index (Phi) is 5.69. The number of fused-ring (bicyclic) bond motifs is 2. The quantitative estimate of drug-likeness (QED) is 0.437. The summed E-state index contributed by atoms with van der Waals surface area (Å²) in [5, 5.41) is 1.22. The molecule has 162 valence electrons. The molecule has 0 fully saturated rings. The van der Waals surface area contributed by atoms with Crippen molar-refractivity contribution in [2.45, 2.75) is 46.4 Å². The summed E-state index contributed by atoms with van der Waals surface area (Å²) < 4.78 is 14.0. The topological polar surface area (TPSA) is 112 Å². The second-order valence-corrected chi connectivity index (χ2v) is 7.51. The van der Waals surface area contributed by atoms with Crippen molar-refractivity contribution in [3.63, 3.8) is 0 Å². The van der Waals surface area contributed by atoms with Crippen LogP contribution in [0, 0.1) is 0 Å². The number of carbonyl (C=O) groups excluding carboxylic acids is 1. The fraction of sp³-hybridized carbons (Fsp3) is 0.333. The minimum atomic E-state index is -0.667. The molecule has 0 spiro atoms. The van der Waals surface area contributed by atoms with E-state index in [0.717, 1.165) is 12.8 Å². The number of nitrogens with zero attached hydrogens (tertiary/aromatic N) is 3. The van der Waals surface area contributed by atoms with Gasteiger partial charge in [0.1, 0.15) is 18.0 Å². The van der Waals surface area contributed by atoms with Crippen LogP contribution >= 0.6 is 11.6 Å². The van der Waals surface area contributed by atoms with Gasteiger partial charge >= 0.3 is 11.7 Å². The molecule has 0 saturated heterocycles. The van der Waals surface area contributed by atoms with Gasteiger partial charge < -0.3 is 13.7 Å². The molecule has 0 atom stereocenters. The van der Waals surface area contributed by atoms with Gasteiger partial charge in [0, 0.05) is 23.5 Å². The predicted molar refractivity (Wildman–Crippen MR) is 116 cm³/mol. The Labute approximate surface area is 181 Å². The molecule has 4 rings (SSSR count). The van der Waals surface area contributed by atoms with Gasteiger partial charge in [-0.1, -0.05) is 24.9 Å². The van der Waals surface area contributed by atoms with Crippen LogP contribution in [0.5, 0.6) is 0 Å². The van der Waals surface area contributed by atoms with Crippen molar-refractivity contribution in [3.8, 4) is 0 Å². The molecule has 9 nitrogen and oxygen atoms in total. The van der Waals surface area contributed by atoms with Crippen LogP contribution in [0.15, 0.2) is 38.3 Å². The average Bonchev–Trinajstić information content (AvgIpc) is 3.33. The van der Waals surface area contributed by atoms with Gasteiger partial charge in [0.15, 0.2) is 11.2 Å². The second-order valence-electron chi connectivity index (χ2n) is 7.08. The third kappa shape index (κ3) is 3.88. The van der Waals surface area contributed by atoms with E-state index in [9.17, 15) is 14.4 Å². The van der Waals surface area contributed by atoms with Crippen LogP contribution in [0.1, 0.15) is 43.1 Å². The lowest BCUT2D eigenvalue weighted by Gasteiger charge is -2.06. The Bertz CT molecular complexity index is 1390. The number of hydrogen-bond donors (Lipinski definition) is 1. The third-order valence-corrected chi connectivity index (χ3v) is 5.26. The van der Waals surface area contributed by atoms with E-state index in [2.05, 4.69) is 9.97 Å². The lowest BCUT2D eigenvalue weighted by Crippen LogP contribution is -2.31. The number of rotatable bonds is 7. The van der Waals surface area contributed by atoms with E-state index in [4.69, 9.17) is 20.8 Å². The monoisotopic (exact) mass is 444 g/mol. The zero-order valence-electron chi connectivity index (χ0n) is 17.1. The van der Waals surface area contributed by atoms with E-state index in [1.807, 2.05) is 13.8 Å². The number of hydrogen-bond acceptors (Lipinski definition) is 6. The Morgan fingerprint density at radius 1 is 1.23 bits per heavy atom. The number of nitrogens with one attached hydrogen (secondary N) is 1. The average molecular weight is 445 g/mol. The number of ether oxygens (including phenoxy) is 1. The summed E-state index contributed by atoms with van der Waals surface area (Å²) in [7, 11) is 0. The first-order chi connectivity index (χ1) is 14.9. The number of imidazole rings is 1. The molecule has 3 heterocycles. The van der Waals surface area contributed by atoms with Crippen molar-refractivity contribution >= 4 is 39.7 Å². The summed E-state index contributed by atoms with van der Waals surface area (Å²) in [5.41, 5.74) is 0.0600. The first-order valence-corrected chi connectivity index (χ1v) is 10.4. The summed E-state index contributed by atoms with van der Waals surface area (Å²) in [4.78, 5) is 44.0. The largest absolute Gasteiger partial charge is 0.452 e. The van der Waals surface area contributed by atoms with Gasteiger partial charge in [-0.2, -0.15) is 0 Å². The summed E-state index contributed by atoms with van der Waals surface area (Å²) in [6.07, 6.45) is 1.65. The van der Waals surface area contributed by atoms with Crippen LogP contribution in [0.4, 0.5) is 0 Å². The summed E-state index contributed by atoms with van der Waals surface area (Å²) in [5.74, 6) is -0.264. The molecule has 0 unspecified atom stereocenters. The van der Waals surface area contributed by atoms with Gasteiger partial charge in [-0.25, -0.2) is 14.6 Å². The van der Waals surface area contributed by atoms with E-state index in [-0.39, 0.29) is 23.5 Å². The zero-order chi connectivity index (χ0) is 22.1. The molecule has 31 heavy (non-hydrogen) atoms. The predicted octanol–water partition coefficient (Wildman–Crippen LogP) is 3.46. The maximum atomic E-state index is 12.5. The van der Waals surface area contributed by atoms with E-state index in [1.54, 1.807) is 28.8 Å². The van der Waals surface area contributed by atoms with Crippen molar-refractivity contribution in [1.82, 2.24) is 19.1 Å². The molecule has 4 aromatic rings. The van der Waals surface area contributed by atoms with Gasteiger partial charge in [0.2, 0.25) is 5.76 Å². The highest BCUT2D eigenvalue weighted by Gasteiger charge is 2.20. The standard InChI is InChI=1S/C21H21ClN4O5/c1-3-5-8-26-18-17(19(27)24-21(26)29)25(4-2)16(23-18)11-30-20(28)15-10-12-9-13(22)6-7-14(12)31-15/h6-7,9-10H,3-5,8,11H2,1-2H3,(H,24,27,29). The van der Waals surface area contributed by atoms with Crippen LogP contribution in [-0.2, 0) is 24.4 Å². The highest BCUT2D eigenvalue weighted by atomic mass is 35.5. The van der Waals surface area contributed by atoms with Crippen molar-refractivity contribution in [3.05, 3.63) is 61.7 Å². The van der Waals surface area contributed by atoms with Crippen LogP contribution in [0.2, 0.25) is 5.02 Å². The smallest absolute Gasteiger partial charge is 0.374 e. The summed E-state index contributed by atoms with van der Waals surface area (Å²) in [6, 6.07) is 6.59. The normalized spacial score (nSPS) is 11.5. The lowest BCUT2D eigenvalue weighted by atomic mass is 10.2. The van der Waals surface area contributed by atoms with E-state index in [0.29, 0.717) is 34.9 Å².